The van der Waals surface area contributed by atoms with E-state index in [1.807, 2.05) is 6.26 Å². The lowest BCUT2D eigenvalue weighted by atomic mass is 9.98. The van der Waals surface area contributed by atoms with Crippen molar-refractivity contribution < 1.29 is 19.8 Å². The summed E-state index contributed by atoms with van der Waals surface area (Å²) in [5, 5.41) is 18.3. The number of rotatable bonds is 5. The van der Waals surface area contributed by atoms with Crippen molar-refractivity contribution in [1.29, 1.82) is 0 Å². The van der Waals surface area contributed by atoms with Crippen LogP contribution in [-0.2, 0) is 4.79 Å². The molecule has 5 heteroatoms. The number of benzene rings is 1. The van der Waals surface area contributed by atoms with Crippen LogP contribution >= 0.6 is 11.8 Å². The van der Waals surface area contributed by atoms with E-state index in [0.717, 1.165) is 4.90 Å². The SMILES string of the molecule is CCC(=O)c1cc(SC)ccc1C(O)C(=O)O. The average molecular weight is 254 g/mol. The molecular formula is C12H14O4S. The number of aliphatic carboxylic acids is 1. The van der Waals surface area contributed by atoms with Crippen LogP contribution in [0.4, 0.5) is 0 Å². The second-order valence-electron chi connectivity index (χ2n) is 3.47. The van der Waals surface area contributed by atoms with E-state index < -0.39 is 12.1 Å². The van der Waals surface area contributed by atoms with Crippen molar-refractivity contribution in [3.8, 4) is 0 Å². The first-order chi connectivity index (χ1) is 8.01. The summed E-state index contributed by atoms with van der Waals surface area (Å²) in [5.74, 6) is -1.52. The third kappa shape index (κ3) is 3.08. The van der Waals surface area contributed by atoms with E-state index in [2.05, 4.69) is 0 Å². The first-order valence-electron chi connectivity index (χ1n) is 5.13. The lowest BCUT2D eigenvalue weighted by Crippen LogP contribution is -2.15. The van der Waals surface area contributed by atoms with Crippen molar-refractivity contribution >= 4 is 23.5 Å². The Kier molecular flexibility index (Phi) is 4.72. The van der Waals surface area contributed by atoms with Gasteiger partial charge in [-0.2, -0.15) is 0 Å². The minimum Gasteiger partial charge on any atom is -0.479 e. The number of aliphatic hydroxyl groups excluding tert-OH is 1. The van der Waals surface area contributed by atoms with Crippen LogP contribution < -0.4 is 0 Å². The summed E-state index contributed by atoms with van der Waals surface area (Å²) in [6.45, 7) is 1.70. The molecule has 0 aliphatic rings. The van der Waals surface area contributed by atoms with Gasteiger partial charge in [0.15, 0.2) is 11.9 Å². The standard InChI is InChI=1S/C12H14O4S/c1-3-10(13)9-6-7(17-2)4-5-8(9)11(14)12(15)16/h4-6,11,14H,3H2,1-2H3,(H,15,16). The number of carbonyl (C=O) groups is 2. The number of hydrogen-bond acceptors (Lipinski definition) is 4. The Balaban J connectivity index is 3.29. The van der Waals surface area contributed by atoms with Gasteiger partial charge in [0.2, 0.25) is 0 Å². The Bertz CT molecular complexity index is 442. The highest BCUT2D eigenvalue weighted by Gasteiger charge is 2.22. The van der Waals surface area contributed by atoms with Crippen LogP contribution in [0.15, 0.2) is 23.1 Å². The van der Waals surface area contributed by atoms with Gasteiger partial charge in [-0.3, -0.25) is 4.79 Å². The zero-order valence-electron chi connectivity index (χ0n) is 9.64. The van der Waals surface area contributed by atoms with Crippen LogP contribution in [0, 0.1) is 0 Å². The lowest BCUT2D eigenvalue weighted by molar-refractivity contribution is -0.146. The van der Waals surface area contributed by atoms with E-state index in [1.165, 1.54) is 17.8 Å². The largest absolute Gasteiger partial charge is 0.479 e. The number of carboxylic acid groups (broad SMARTS) is 1. The Hall–Kier alpha value is -1.33. The van der Waals surface area contributed by atoms with Gasteiger partial charge in [-0.15, -0.1) is 11.8 Å². The maximum absolute atomic E-state index is 11.7. The number of thioether (sulfide) groups is 1. The number of Topliss-reactive ketones (excluding diaryl/α,β-unsaturated/α-hetero) is 1. The minimum absolute atomic E-state index is 0.155. The highest BCUT2D eigenvalue weighted by Crippen LogP contribution is 2.25. The van der Waals surface area contributed by atoms with Crippen molar-refractivity contribution in [3.63, 3.8) is 0 Å². The second kappa shape index (κ2) is 5.84. The van der Waals surface area contributed by atoms with Gasteiger partial charge in [-0.25, -0.2) is 4.79 Å². The summed E-state index contributed by atoms with van der Waals surface area (Å²) in [4.78, 5) is 23.3. The molecule has 1 atom stereocenters. The smallest absolute Gasteiger partial charge is 0.337 e. The average Bonchev–Trinajstić information content (AvgIpc) is 2.35. The fourth-order valence-corrected chi connectivity index (χ4v) is 1.91. The summed E-state index contributed by atoms with van der Waals surface area (Å²) < 4.78 is 0. The Morgan fingerprint density at radius 3 is 2.53 bits per heavy atom. The van der Waals surface area contributed by atoms with Crippen molar-refractivity contribution in [2.75, 3.05) is 6.26 Å². The predicted molar refractivity (Wildman–Crippen MR) is 65.4 cm³/mol. The molecule has 0 aliphatic carbocycles. The Labute approximate surface area is 104 Å². The Morgan fingerprint density at radius 1 is 1.41 bits per heavy atom. The van der Waals surface area contributed by atoms with E-state index in [-0.39, 0.29) is 23.3 Å². The fraction of sp³-hybridized carbons (Fsp3) is 0.333. The molecular weight excluding hydrogens is 240 g/mol. The Morgan fingerprint density at radius 2 is 2.06 bits per heavy atom. The topological polar surface area (TPSA) is 74.6 Å². The molecule has 2 N–H and O–H groups in total. The van der Waals surface area contributed by atoms with Crippen molar-refractivity contribution in [1.82, 2.24) is 0 Å². The molecule has 0 fully saturated rings. The molecule has 0 bridgehead atoms. The van der Waals surface area contributed by atoms with Crippen molar-refractivity contribution in [2.24, 2.45) is 0 Å². The van der Waals surface area contributed by atoms with Crippen LogP contribution in [0.2, 0.25) is 0 Å². The van der Waals surface area contributed by atoms with Crippen molar-refractivity contribution in [2.45, 2.75) is 24.3 Å². The summed E-state index contributed by atoms with van der Waals surface area (Å²) in [5.41, 5.74) is 0.441. The van der Waals surface area contributed by atoms with Gasteiger partial charge in [0.1, 0.15) is 0 Å². The van der Waals surface area contributed by atoms with E-state index in [1.54, 1.807) is 19.1 Å². The van der Waals surface area contributed by atoms with Gasteiger partial charge < -0.3 is 10.2 Å². The summed E-state index contributed by atoms with van der Waals surface area (Å²) >= 11 is 1.46. The minimum atomic E-state index is -1.66. The molecule has 1 aromatic carbocycles. The molecule has 0 heterocycles. The third-order valence-electron chi connectivity index (χ3n) is 2.41. The number of aliphatic hydroxyl groups is 1. The fourth-order valence-electron chi connectivity index (χ4n) is 1.47. The van der Waals surface area contributed by atoms with Gasteiger partial charge in [0, 0.05) is 22.4 Å². The number of hydrogen-bond donors (Lipinski definition) is 2. The molecule has 4 nitrogen and oxygen atoms in total. The molecule has 0 amide bonds. The first kappa shape index (κ1) is 13.7. The summed E-state index contributed by atoms with van der Waals surface area (Å²) in [6.07, 6.45) is 0.483. The molecule has 1 aromatic rings. The molecule has 17 heavy (non-hydrogen) atoms. The van der Waals surface area contributed by atoms with Gasteiger partial charge in [-0.1, -0.05) is 13.0 Å². The molecule has 1 rings (SSSR count). The highest BCUT2D eigenvalue weighted by molar-refractivity contribution is 7.98. The third-order valence-corrected chi connectivity index (χ3v) is 3.14. The molecule has 92 valence electrons. The summed E-state index contributed by atoms with van der Waals surface area (Å²) in [6, 6.07) is 4.81. The second-order valence-corrected chi connectivity index (χ2v) is 4.35. The van der Waals surface area contributed by atoms with Crippen LogP contribution in [0.1, 0.15) is 35.4 Å². The molecule has 0 aliphatic heterocycles. The van der Waals surface area contributed by atoms with Crippen LogP contribution in [0.5, 0.6) is 0 Å². The molecule has 0 spiro atoms. The van der Waals surface area contributed by atoms with E-state index in [0.29, 0.717) is 0 Å². The molecule has 0 saturated carbocycles. The number of carboxylic acids is 1. The highest BCUT2D eigenvalue weighted by atomic mass is 32.2. The van der Waals surface area contributed by atoms with E-state index >= 15 is 0 Å². The van der Waals surface area contributed by atoms with Gasteiger partial charge >= 0.3 is 5.97 Å². The number of carbonyl (C=O) groups excluding carboxylic acids is 1. The molecule has 0 radical (unpaired) electrons. The van der Waals surface area contributed by atoms with E-state index in [9.17, 15) is 14.7 Å². The van der Waals surface area contributed by atoms with Crippen LogP contribution in [0.3, 0.4) is 0 Å². The normalized spacial score (nSPS) is 12.2. The maximum atomic E-state index is 11.7. The quantitative estimate of drug-likeness (QED) is 0.622. The van der Waals surface area contributed by atoms with Gasteiger partial charge in [-0.05, 0) is 18.4 Å². The first-order valence-corrected chi connectivity index (χ1v) is 6.35. The van der Waals surface area contributed by atoms with Crippen LogP contribution in [0.25, 0.3) is 0 Å². The molecule has 0 aromatic heterocycles. The summed E-state index contributed by atoms with van der Waals surface area (Å²) in [7, 11) is 0. The van der Waals surface area contributed by atoms with E-state index in [4.69, 9.17) is 5.11 Å². The van der Waals surface area contributed by atoms with Gasteiger partial charge in [0.25, 0.3) is 0 Å². The molecule has 1 unspecified atom stereocenters. The van der Waals surface area contributed by atoms with Crippen LogP contribution in [-0.4, -0.2) is 28.2 Å². The molecule has 0 saturated heterocycles. The van der Waals surface area contributed by atoms with Crippen molar-refractivity contribution in [3.05, 3.63) is 29.3 Å². The number of ketones is 1. The lowest BCUT2D eigenvalue weighted by Gasteiger charge is -2.12. The maximum Gasteiger partial charge on any atom is 0.337 e. The monoisotopic (exact) mass is 254 g/mol. The zero-order chi connectivity index (χ0) is 13.0. The van der Waals surface area contributed by atoms with Gasteiger partial charge in [0.05, 0.1) is 0 Å². The zero-order valence-corrected chi connectivity index (χ0v) is 10.5. The predicted octanol–water partition coefficient (Wildman–Crippen LogP) is 2.12.